The molecule has 0 fully saturated rings. The zero-order valence-corrected chi connectivity index (χ0v) is 13.8. The second-order valence-corrected chi connectivity index (χ2v) is 5.55. The van der Waals surface area contributed by atoms with Crippen LogP contribution in [0, 0.1) is 6.92 Å². The molecular formula is C16H22N4OS. The van der Waals surface area contributed by atoms with Crippen LogP contribution in [0.1, 0.15) is 17.5 Å². The summed E-state index contributed by atoms with van der Waals surface area (Å²) in [6.07, 6.45) is 4.65. The van der Waals surface area contributed by atoms with Gasteiger partial charge in [0, 0.05) is 26.5 Å². The normalized spacial score (nSPS) is 10.5. The molecule has 0 saturated carbocycles. The van der Waals surface area contributed by atoms with Crippen LogP contribution in [0.25, 0.3) is 0 Å². The number of thiocarbonyl (C=S) groups is 1. The van der Waals surface area contributed by atoms with Gasteiger partial charge in [-0.3, -0.25) is 4.68 Å². The Kier molecular flexibility index (Phi) is 6.36. The van der Waals surface area contributed by atoms with E-state index in [0.717, 1.165) is 31.8 Å². The highest BCUT2D eigenvalue weighted by Crippen LogP contribution is 2.09. The van der Waals surface area contributed by atoms with Crippen LogP contribution in [-0.4, -0.2) is 35.2 Å². The fourth-order valence-electron chi connectivity index (χ4n) is 2.11. The van der Waals surface area contributed by atoms with Gasteiger partial charge in [0.05, 0.1) is 18.4 Å². The smallest absolute Gasteiger partial charge is 0.170 e. The third-order valence-corrected chi connectivity index (χ3v) is 3.38. The number of anilines is 1. The molecule has 0 radical (unpaired) electrons. The highest BCUT2D eigenvalue weighted by molar-refractivity contribution is 7.80. The van der Waals surface area contributed by atoms with Gasteiger partial charge >= 0.3 is 0 Å². The van der Waals surface area contributed by atoms with Gasteiger partial charge in [0.1, 0.15) is 0 Å². The van der Waals surface area contributed by atoms with E-state index in [1.807, 2.05) is 10.9 Å². The van der Waals surface area contributed by atoms with Crippen molar-refractivity contribution in [1.29, 1.82) is 0 Å². The minimum Gasteiger partial charge on any atom is -0.385 e. The van der Waals surface area contributed by atoms with E-state index in [1.54, 1.807) is 13.3 Å². The highest BCUT2D eigenvalue weighted by atomic mass is 32.1. The molecule has 0 atom stereocenters. The average molecular weight is 318 g/mol. The van der Waals surface area contributed by atoms with E-state index >= 15 is 0 Å². The third-order valence-electron chi connectivity index (χ3n) is 3.13. The van der Waals surface area contributed by atoms with E-state index in [-0.39, 0.29) is 0 Å². The van der Waals surface area contributed by atoms with E-state index < -0.39 is 0 Å². The number of nitrogens with one attached hydrogen (secondary N) is 2. The lowest BCUT2D eigenvalue weighted by Crippen LogP contribution is -2.29. The number of hydrogen-bond donors (Lipinski definition) is 2. The first-order chi connectivity index (χ1) is 10.7. The Morgan fingerprint density at radius 2 is 2.27 bits per heavy atom. The molecule has 2 rings (SSSR count). The Hall–Kier alpha value is -1.92. The number of aryl methyl sites for hydroxylation is 1. The van der Waals surface area contributed by atoms with Crippen LogP contribution in [0.2, 0.25) is 0 Å². The van der Waals surface area contributed by atoms with E-state index in [1.165, 1.54) is 11.1 Å². The maximum absolute atomic E-state index is 5.24. The van der Waals surface area contributed by atoms with E-state index in [9.17, 15) is 0 Å². The number of aromatic nitrogens is 2. The molecule has 0 aliphatic carbocycles. The predicted octanol–water partition coefficient (Wildman–Crippen LogP) is 2.56. The second-order valence-electron chi connectivity index (χ2n) is 5.14. The molecule has 1 aromatic carbocycles. The number of rotatable bonds is 7. The second kappa shape index (κ2) is 8.51. The van der Waals surface area contributed by atoms with Crippen molar-refractivity contribution in [2.45, 2.75) is 19.9 Å². The van der Waals surface area contributed by atoms with Crippen LogP contribution in [0.15, 0.2) is 36.7 Å². The van der Waals surface area contributed by atoms with Gasteiger partial charge in [-0.05, 0) is 31.1 Å². The van der Waals surface area contributed by atoms with Crippen LogP contribution in [0.5, 0.6) is 0 Å². The van der Waals surface area contributed by atoms with Crippen molar-refractivity contribution in [2.75, 3.05) is 25.6 Å². The number of benzene rings is 1. The number of nitrogens with zero attached hydrogens (tertiary/aromatic N) is 2. The Morgan fingerprint density at radius 3 is 3.05 bits per heavy atom. The molecule has 0 aliphatic heterocycles. The van der Waals surface area contributed by atoms with Crippen LogP contribution >= 0.6 is 12.2 Å². The summed E-state index contributed by atoms with van der Waals surface area (Å²) in [7, 11) is 1.69. The summed E-state index contributed by atoms with van der Waals surface area (Å²) in [6, 6.07) is 8.42. The van der Waals surface area contributed by atoms with Gasteiger partial charge in [0.15, 0.2) is 5.11 Å². The summed E-state index contributed by atoms with van der Waals surface area (Å²) < 4.78 is 6.89. The van der Waals surface area contributed by atoms with Crippen molar-refractivity contribution >= 4 is 23.0 Å². The lowest BCUT2D eigenvalue weighted by atomic mass is 10.1. The van der Waals surface area contributed by atoms with E-state index in [2.05, 4.69) is 46.9 Å². The summed E-state index contributed by atoms with van der Waals surface area (Å²) in [4.78, 5) is 0. The summed E-state index contributed by atoms with van der Waals surface area (Å²) in [6.45, 7) is 4.35. The van der Waals surface area contributed by atoms with Gasteiger partial charge < -0.3 is 15.4 Å². The van der Waals surface area contributed by atoms with Crippen molar-refractivity contribution in [2.24, 2.45) is 0 Å². The molecule has 0 spiro atoms. The molecule has 0 bridgehead atoms. The molecule has 0 aliphatic rings. The van der Waals surface area contributed by atoms with E-state index in [0.29, 0.717) is 5.11 Å². The summed E-state index contributed by atoms with van der Waals surface area (Å²) in [5, 5.41) is 11.2. The third kappa shape index (κ3) is 5.46. The maximum Gasteiger partial charge on any atom is 0.170 e. The zero-order chi connectivity index (χ0) is 15.8. The number of hydrogen-bond acceptors (Lipinski definition) is 3. The van der Waals surface area contributed by atoms with Crippen molar-refractivity contribution < 1.29 is 4.74 Å². The van der Waals surface area contributed by atoms with Crippen molar-refractivity contribution in [3.63, 3.8) is 0 Å². The Morgan fingerprint density at radius 1 is 1.41 bits per heavy atom. The molecule has 5 nitrogen and oxygen atoms in total. The molecule has 0 unspecified atom stereocenters. The average Bonchev–Trinajstić information content (AvgIpc) is 2.91. The van der Waals surface area contributed by atoms with Crippen LogP contribution < -0.4 is 10.6 Å². The largest absolute Gasteiger partial charge is 0.385 e. The fraction of sp³-hybridized carbons (Fsp3) is 0.375. The highest BCUT2D eigenvalue weighted by Gasteiger charge is 2.02. The summed E-state index contributed by atoms with van der Waals surface area (Å²) >= 11 is 5.24. The minimum absolute atomic E-state index is 0.603. The first-order valence-electron chi connectivity index (χ1n) is 7.29. The zero-order valence-electron chi connectivity index (χ0n) is 13.0. The van der Waals surface area contributed by atoms with E-state index in [4.69, 9.17) is 17.0 Å². The molecular weight excluding hydrogens is 296 g/mol. The lowest BCUT2D eigenvalue weighted by molar-refractivity contribution is 0.196. The molecule has 0 amide bonds. The van der Waals surface area contributed by atoms with Crippen molar-refractivity contribution in [3.8, 4) is 0 Å². The van der Waals surface area contributed by atoms with Gasteiger partial charge in [-0.15, -0.1) is 0 Å². The predicted molar refractivity (Wildman–Crippen MR) is 93.2 cm³/mol. The Balaban J connectivity index is 1.82. The van der Waals surface area contributed by atoms with Crippen LogP contribution in [-0.2, 0) is 11.3 Å². The summed E-state index contributed by atoms with van der Waals surface area (Å²) in [5.74, 6) is 0. The quantitative estimate of drug-likeness (QED) is 0.607. The standard InChI is InChI=1S/C16H22N4OS/c1-13-5-3-6-14(9-13)11-20-12-15(10-18-20)19-16(22)17-7-4-8-21-2/h3,5-6,9-10,12H,4,7-8,11H2,1-2H3,(H2,17,19,22). The Labute approximate surface area is 136 Å². The molecule has 1 heterocycles. The molecule has 118 valence electrons. The molecule has 2 N–H and O–H groups in total. The first kappa shape index (κ1) is 16.5. The summed E-state index contributed by atoms with van der Waals surface area (Å²) in [5.41, 5.74) is 3.37. The SMILES string of the molecule is COCCCNC(=S)Nc1cnn(Cc2cccc(C)c2)c1. The van der Waals surface area contributed by atoms with Crippen LogP contribution in [0.3, 0.4) is 0 Å². The molecule has 0 saturated heterocycles. The minimum atomic E-state index is 0.603. The molecule has 22 heavy (non-hydrogen) atoms. The molecule has 1 aromatic heterocycles. The molecule has 2 aromatic rings. The number of methoxy groups -OCH3 is 1. The Bertz CT molecular complexity index is 612. The van der Waals surface area contributed by atoms with Crippen LogP contribution in [0.4, 0.5) is 5.69 Å². The van der Waals surface area contributed by atoms with Gasteiger partial charge in [-0.25, -0.2) is 0 Å². The molecule has 6 heteroatoms. The monoisotopic (exact) mass is 318 g/mol. The fourth-order valence-corrected chi connectivity index (χ4v) is 2.33. The van der Waals surface area contributed by atoms with Gasteiger partial charge in [-0.2, -0.15) is 5.10 Å². The van der Waals surface area contributed by atoms with Gasteiger partial charge in [-0.1, -0.05) is 29.8 Å². The van der Waals surface area contributed by atoms with Crippen molar-refractivity contribution in [3.05, 3.63) is 47.8 Å². The first-order valence-corrected chi connectivity index (χ1v) is 7.70. The maximum atomic E-state index is 5.24. The van der Waals surface area contributed by atoms with Gasteiger partial charge in [0.25, 0.3) is 0 Å². The van der Waals surface area contributed by atoms with Gasteiger partial charge in [0.2, 0.25) is 0 Å². The topological polar surface area (TPSA) is 51.1 Å². The lowest BCUT2D eigenvalue weighted by Gasteiger charge is -2.08. The van der Waals surface area contributed by atoms with Crippen molar-refractivity contribution in [1.82, 2.24) is 15.1 Å². The number of ether oxygens (including phenoxy) is 1.